The molecule has 0 spiro atoms. The highest BCUT2D eigenvalue weighted by Gasteiger charge is 2.62. The van der Waals surface area contributed by atoms with Crippen LogP contribution in [0, 0.1) is 34.5 Å². The number of hydrogen-bond acceptors (Lipinski definition) is 3. The average molecular weight is 306 g/mol. The number of aliphatic hydroxyl groups excluding tert-OH is 2. The van der Waals surface area contributed by atoms with E-state index in [1.165, 1.54) is 0 Å². The van der Waals surface area contributed by atoms with Gasteiger partial charge >= 0.3 is 0 Å². The summed E-state index contributed by atoms with van der Waals surface area (Å²) in [5, 5.41) is 20.9. The summed E-state index contributed by atoms with van der Waals surface area (Å²) >= 11 is 0. The molecule has 4 unspecified atom stereocenters. The summed E-state index contributed by atoms with van der Waals surface area (Å²) in [6, 6.07) is 0. The van der Waals surface area contributed by atoms with Crippen LogP contribution in [-0.2, 0) is 4.79 Å². The molecule has 0 aromatic heterocycles. The molecule has 4 rings (SSSR count). The van der Waals surface area contributed by atoms with Crippen LogP contribution in [0.25, 0.3) is 0 Å². The zero-order chi connectivity index (χ0) is 15.7. The number of aliphatic hydroxyl groups is 2. The zero-order valence-corrected chi connectivity index (χ0v) is 13.9. The molecule has 124 valence electrons. The predicted octanol–water partition coefficient (Wildman–Crippen LogP) is 2.93. The molecular formula is C19H30O3. The van der Waals surface area contributed by atoms with Crippen molar-refractivity contribution in [1.29, 1.82) is 0 Å². The van der Waals surface area contributed by atoms with Gasteiger partial charge in [-0.05, 0) is 74.0 Å². The Hall–Kier alpha value is -0.410. The molecule has 0 aliphatic heterocycles. The normalized spacial score (nSPS) is 57.9. The number of Topliss-reactive ketones (excluding diaryl/α,β-unsaturated/α-hetero) is 1. The average Bonchev–Trinajstić information content (AvgIpc) is 2.77. The van der Waals surface area contributed by atoms with Crippen LogP contribution in [-0.4, -0.2) is 28.2 Å². The minimum atomic E-state index is -0.274. The maximum absolute atomic E-state index is 12.4. The fourth-order valence-corrected chi connectivity index (χ4v) is 6.97. The van der Waals surface area contributed by atoms with E-state index in [0.717, 1.165) is 51.4 Å². The Morgan fingerprint density at radius 1 is 1.00 bits per heavy atom. The fourth-order valence-electron chi connectivity index (χ4n) is 6.97. The number of fused-ring (bicyclic) bond motifs is 5. The molecule has 2 N–H and O–H groups in total. The first-order valence-electron chi connectivity index (χ1n) is 9.25. The highest BCUT2D eigenvalue weighted by molar-refractivity contribution is 5.87. The van der Waals surface area contributed by atoms with Gasteiger partial charge in [0.25, 0.3) is 0 Å². The van der Waals surface area contributed by atoms with Gasteiger partial charge in [-0.15, -0.1) is 0 Å². The summed E-state index contributed by atoms with van der Waals surface area (Å²) in [5.74, 6) is 2.13. The van der Waals surface area contributed by atoms with Crippen molar-refractivity contribution in [3.05, 3.63) is 0 Å². The maximum atomic E-state index is 12.4. The van der Waals surface area contributed by atoms with E-state index in [1.54, 1.807) is 0 Å². The minimum Gasteiger partial charge on any atom is -0.393 e. The first-order valence-corrected chi connectivity index (χ1v) is 9.25. The van der Waals surface area contributed by atoms with Crippen molar-refractivity contribution in [2.24, 2.45) is 34.5 Å². The van der Waals surface area contributed by atoms with Gasteiger partial charge < -0.3 is 10.2 Å². The second kappa shape index (κ2) is 4.80. The van der Waals surface area contributed by atoms with Gasteiger partial charge in [-0.25, -0.2) is 0 Å². The molecule has 0 aromatic carbocycles. The SMILES string of the molecule is C[C@]12CCC3C(C(O)C[C@H]4C[C@@H](O)CC[C@]34C)C1CCC2=O. The van der Waals surface area contributed by atoms with Gasteiger partial charge in [0.1, 0.15) is 5.78 Å². The number of ketones is 1. The van der Waals surface area contributed by atoms with Crippen LogP contribution in [0.15, 0.2) is 0 Å². The summed E-state index contributed by atoms with van der Waals surface area (Å²) in [5.41, 5.74) is 0.0929. The maximum Gasteiger partial charge on any atom is 0.139 e. The largest absolute Gasteiger partial charge is 0.393 e. The Bertz CT molecular complexity index is 489. The van der Waals surface area contributed by atoms with Crippen molar-refractivity contribution in [2.75, 3.05) is 0 Å². The molecular weight excluding hydrogens is 276 g/mol. The number of carbonyl (C=O) groups excluding carboxylic acids is 1. The van der Waals surface area contributed by atoms with Crippen molar-refractivity contribution in [2.45, 2.75) is 77.4 Å². The summed E-state index contributed by atoms with van der Waals surface area (Å²) < 4.78 is 0. The Morgan fingerprint density at radius 2 is 1.77 bits per heavy atom. The molecule has 0 bridgehead atoms. The van der Waals surface area contributed by atoms with Gasteiger partial charge in [-0.3, -0.25) is 4.79 Å². The molecule has 8 atom stereocenters. The predicted molar refractivity (Wildman–Crippen MR) is 84.1 cm³/mol. The van der Waals surface area contributed by atoms with Crippen molar-refractivity contribution < 1.29 is 15.0 Å². The fraction of sp³-hybridized carbons (Fsp3) is 0.947. The first-order chi connectivity index (χ1) is 10.4. The molecule has 3 heteroatoms. The van der Waals surface area contributed by atoms with Crippen LogP contribution in [0.2, 0.25) is 0 Å². The zero-order valence-electron chi connectivity index (χ0n) is 13.9. The van der Waals surface area contributed by atoms with E-state index < -0.39 is 0 Å². The lowest BCUT2D eigenvalue weighted by atomic mass is 9.44. The van der Waals surface area contributed by atoms with Crippen LogP contribution in [0.3, 0.4) is 0 Å². The highest BCUT2D eigenvalue weighted by Crippen LogP contribution is 2.65. The molecule has 0 amide bonds. The second-order valence-electron chi connectivity index (χ2n) is 9.14. The molecule has 0 heterocycles. The quantitative estimate of drug-likeness (QED) is 0.723. The van der Waals surface area contributed by atoms with E-state index in [4.69, 9.17) is 0 Å². The van der Waals surface area contributed by atoms with E-state index in [1.807, 2.05) is 0 Å². The summed E-state index contributed by atoms with van der Waals surface area (Å²) in [7, 11) is 0. The first kappa shape index (κ1) is 15.1. The summed E-state index contributed by atoms with van der Waals surface area (Å²) in [4.78, 5) is 12.4. The molecule has 3 nitrogen and oxygen atoms in total. The Labute approximate surface area is 133 Å². The lowest BCUT2D eigenvalue weighted by Crippen LogP contribution is -2.58. The van der Waals surface area contributed by atoms with E-state index in [9.17, 15) is 15.0 Å². The van der Waals surface area contributed by atoms with E-state index in [2.05, 4.69) is 13.8 Å². The lowest BCUT2D eigenvalue weighted by Gasteiger charge is -2.61. The van der Waals surface area contributed by atoms with Crippen LogP contribution in [0.1, 0.15) is 65.2 Å². The lowest BCUT2D eigenvalue weighted by molar-refractivity contribution is -0.171. The molecule has 0 aromatic rings. The molecule has 4 aliphatic rings. The van der Waals surface area contributed by atoms with Crippen molar-refractivity contribution in [3.63, 3.8) is 0 Å². The number of rotatable bonds is 0. The Kier molecular flexibility index (Phi) is 3.30. The Balaban J connectivity index is 1.69. The van der Waals surface area contributed by atoms with Crippen molar-refractivity contribution in [3.8, 4) is 0 Å². The molecule has 0 saturated heterocycles. The number of hydrogen-bond donors (Lipinski definition) is 2. The smallest absolute Gasteiger partial charge is 0.139 e. The third kappa shape index (κ3) is 1.84. The third-order valence-electron chi connectivity index (χ3n) is 8.36. The third-order valence-corrected chi connectivity index (χ3v) is 8.36. The molecule has 4 fully saturated rings. The second-order valence-corrected chi connectivity index (χ2v) is 9.14. The highest BCUT2D eigenvalue weighted by atomic mass is 16.3. The van der Waals surface area contributed by atoms with Crippen LogP contribution < -0.4 is 0 Å². The van der Waals surface area contributed by atoms with Gasteiger partial charge in [0.15, 0.2) is 0 Å². The van der Waals surface area contributed by atoms with E-state index in [-0.39, 0.29) is 23.0 Å². The summed E-state index contributed by atoms with van der Waals surface area (Å²) in [6.45, 7) is 4.57. The molecule has 4 aliphatic carbocycles. The Morgan fingerprint density at radius 3 is 2.55 bits per heavy atom. The number of carbonyl (C=O) groups is 1. The van der Waals surface area contributed by atoms with E-state index in [0.29, 0.717) is 29.5 Å². The van der Waals surface area contributed by atoms with E-state index >= 15 is 0 Å². The topological polar surface area (TPSA) is 57.5 Å². The molecule has 22 heavy (non-hydrogen) atoms. The van der Waals surface area contributed by atoms with Crippen LogP contribution >= 0.6 is 0 Å². The van der Waals surface area contributed by atoms with Gasteiger partial charge in [0, 0.05) is 11.8 Å². The van der Waals surface area contributed by atoms with Crippen molar-refractivity contribution >= 4 is 5.78 Å². The van der Waals surface area contributed by atoms with Gasteiger partial charge in [-0.2, -0.15) is 0 Å². The molecule has 4 saturated carbocycles. The van der Waals surface area contributed by atoms with Crippen LogP contribution in [0.5, 0.6) is 0 Å². The van der Waals surface area contributed by atoms with Gasteiger partial charge in [-0.1, -0.05) is 13.8 Å². The van der Waals surface area contributed by atoms with Crippen molar-refractivity contribution in [1.82, 2.24) is 0 Å². The minimum absolute atomic E-state index is 0.167. The van der Waals surface area contributed by atoms with Gasteiger partial charge in [0.2, 0.25) is 0 Å². The summed E-state index contributed by atoms with van der Waals surface area (Å²) in [6.07, 6.45) is 7.03. The van der Waals surface area contributed by atoms with Crippen LogP contribution in [0.4, 0.5) is 0 Å². The monoisotopic (exact) mass is 306 g/mol. The van der Waals surface area contributed by atoms with Gasteiger partial charge in [0.05, 0.1) is 12.2 Å². The standard InChI is InChI=1S/C19H30O3/c1-18-7-5-12(20)9-11(18)10-15(21)17-13-3-4-16(22)19(13,2)8-6-14(17)18/h11-15,17,20-21H,3-10H2,1-2H3/t11-,12+,13?,14?,15?,17?,18+,19+/m1/s1. The molecule has 0 radical (unpaired) electrons.